The minimum atomic E-state index is -0.295. The molecule has 1 fully saturated rings. The van der Waals surface area contributed by atoms with Gasteiger partial charge in [0.05, 0.1) is 11.2 Å². The first-order chi connectivity index (χ1) is 11.7. The normalized spacial score (nSPS) is 31.8. The van der Waals surface area contributed by atoms with Crippen LogP contribution in [0, 0.1) is 5.92 Å². The molecule has 4 heteroatoms. The lowest BCUT2D eigenvalue weighted by Gasteiger charge is -2.32. The molecule has 0 saturated carbocycles. The van der Waals surface area contributed by atoms with Gasteiger partial charge in [0.15, 0.2) is 0 Å². The molecule has 3 atom stereocenters. The first-order valence-electron chi connectivity index (χ1n) is 9.26. The largest absolute Gasteiger partial charge is 0.469 e. The van der Waals surface area contributed by atoms with Gasteiger partial charge in [0.25, 0.3) is 0 Å². The Bertz CT molecular complexity index is 858. The van der Waals surface area contributed by atoms with Crippen LogP contribution in [0.3, 0.4) is 0 Å². The van der Waals surface area contributed by atoms with Crippen LogP contribution in [0.5, 0.6) is 0 Å². The molecule has 25 heavy (non-hydrogen) atoms. The summed E-state index contributed by atoms with van der Waals surface area (Å²) in [7, 11) is -0.233. The Balaban J connectivity index is 1.79. The highest BCUT2D eigenvalue weighted by atomic mass is 32.1. The SMILES string of the molecule is CC1C=Cc2sc3c(c2C1C)=CC(B1OC(C)(C)C(C)(C)O1)C=CC=3. The van der Waals surface area contributed by atoms with Gasteiger partial charge in [0.1, 0.15) is 0 Å². The number of hydrogen-bond acceptors (Lipinski definition) is 3. The summed E-state index contributed by atoms with van der Waals surface area (Å²) in [5.74, 6) is 1.25. The van der Waals surface area contributed by atoms with Crippen molar-refractivity contribution < 1.29 is 9.31 Å². The molecule has 2 aliphatic carbocycles. The third-order valence-corrected chi connectivity index (χ3v) is 7.51. The Kier molecular flexibility index (Phi) is 3.95. The lowest BCUT2D eigenvalue weighted by Crippen LogP contribution is -2.41. The van der Waals surface area contributed by atoms with Crippen LogP contribution in [0.15, 0.2) is 18.2 Å². The molecule has 0 radical (unpaired) electrons. The lowest BCUT2D eigenvalue weighted by molar-refractivity contribution is 0.00578. The molecule has 1 aromatic heterocycles. The van der Waals surface area contributed by atoms with E-state index in [-0.39, 0.29) is 24.1 Å². The summed E-state index contributed by atoms with van der Waals surface area (Å²) in [4.78, 5) is 1.41. The highest BCUT2D eigenvalue weighted by Crippen LogP contribution is 2.41. The average molecular weight is 354 g/mol. The lowest BCUT2D eigenvalue weighted by atomic mass is 9.71. The molecule has 0 aromatic carbocycles. The summed E-state index contributed by atoms with van der Waals surface area (Å²) < 4.78 is 14.0. The van der Waals surface area contributed by atoms with Crippen LogP contribution in [0.4, 0.5) is 0 Å². The molecule has 0 N–H and O–H groups in total. The standard InChI is InChI=1S/C21H27BO2S/c1-13-10-11-18-19(14(13)2)16-12-15(8-7-9-17(16)25-18)22-23-20(3,4)21(5,6)24-22/h7-15H,1-6H3. The molecule has 0 spiro atoms. The van der Waals surface area contributed by atoms with Gasteiger partial charge in [-0.05, 0) is 62.5 Å². The predicted molar refractivity (Wildman–Crippen MR) is 108 cm³/mol. The van der Waals surface area contributed by atoms with E-state index in [0.29, 0.717) is 11.8 Å². The maximum Gasteiger partial charge on any atom is 0.469 e. The molecule has 4 rings (SSSR count). The Morgan fingerprint density at radius 2 is 1.72 bits per heavy atom. The summed E-state index contributed by atoms with van der Waals surface area (Å²) in [6.07, 6.45) is 13.6. The van der Waals surface area contributed by atoms with Gasteiger partial charge in [-0.3, -0.25) is 0 Å². The third-order valence-electron chi connectivity index (χ3n) is 6.36. The van der Waals surface area contributed by atoms with Gasteiger partial charge in [0, 0.05) is 15.2 Å². The maximum atomic E-state index is 6.31. The number of hydrogen-bond donors (Lipinski definition) is 0. The molecule has 132 valence electrons. The quantitative estimate of drug-likeness (QED) is 0.707. The van der Waals surface area contributed by atoms with Crippen molar-refractivity contribution in [2.75, 3.05) is 0 Å². The van der Waals surface area contributed by atoms with Crippen molar-refractivity contribution in [3.8, 4) is 0 Å². The highest BCUT2D eigenvalue weighted by molar-refractivity contribution is 7.11. The van der Waals surface area contributed by atoms with Gasteiger partial charge >= 0.3 is 7.12 Å². The Labute approximate surface area is 155 Å². The van der Waals surface area contributed by atoms with Crippen molar-refractivity contribution >= 4 is 36.7 Å². The van der Waals surface area contributed by atoms with Crippen LogP contribution in [0.1, 0.15) is 57.9 Å². The molecular formula is C21H27BO2S. The van der Waals surface area contributed by atoms with Crippen molar-refractivity contribution in [1.82, 2.24) is 0 Å². The Hall–Kier alpha value is -1.10. The van der Waals surface area contributed by atoms with Crippen LogP contribution in [0.2, 0.25) is 5.82 Å². The zero-order valence-electron chi connectivity index (χ0n) is 16.0. The number of fused-ring (bicyclic) bond motifs is 3. The van der Waals surface area contributed by atoms with E-state index in [2.05, 4.69) is 78.0 Å². The second-order valence-corrected chi connectivity index (χ2v) is 9.67. The molecule has 2 heterocycles. The molecule has 0 bridgehead atoms. The van der Waals surface area contributed by atoms with E-state index in [9.17, 15) is 0 Å². The van der Waals surface area contributed by atoms with E-state index < -0.39 is 0 Å². The van der Waals surface area contributed by atoms with E-state index in [1.54, 1.807) is 0 Å². The molecular weight excluding hydrogens is 327 g/mol. The van der Waals surface area contributed by atoms with Crippen molar-refractivity contribution in [2.24, 2.45) is 5.92 Å². The van der Waals surface area contributed by atoms with Gasteiger partial charge < -0.3 is 9.31 Å². The van der Waals surface area contributed by atoms with Gasteiger partial charge in [-0.2, -0.15) is 0 Å². The predicted octanol–water partition coefficient (Wildman–Crippen LogP) is 4.11. The minimum Gasteiger partial charge on any atom is -0.403 e. The summed E-state index contributed by atoms with van der Waals surface area (Å²) in [6, 6.07) is 0. The molecule has 0 amide bonds. The molecule has 3 aliphatic rings. The van der Waals surface area contributed by atoms with Crippen LogP contribution in [-0.4, -0.2) is 18.3 Å². The second kappa shape index (κ2) is 5.70. The van der Waals surface area contributed by atoms with E-state index >= 15 is 0 Å². The first kappa shape index (κ1) is 17.3. The maximum absolute atomic E-state index is 6.31. The van der Waals surface area contributed by atoms with E-state index in [1.165, 1.54) is 20.2 Å². The van der Waals surface area contributed by atoms with Crippen LogP contribution in [-0.2, 0) is 9.31 Å². The van der Waals surface area contributed by atoms with Crippen LogP contribution < -0.4 is 9.75 Å². The fourth-order valence-electron chi connectivity index (χ4n) is 3.79. The summed E-state index contributed by atoms with van der Waals surface area (Å²) in [5.41, 5.74) is 0.907. The summed E-state index contributed by atoms with van der Waals surface area (Å²) >= 11 is 1.89. The van der Waals surface area contributed by atoms with Crippen LogP contribution >= 0.6 is 11.3 Å². The van der Waals surface area contributed by atoms with Crippen LogP contribution in [0.25, 0.3) is 18.2 Å². The van der Waals surface area contributed by atoms with E-state index in [4.69, 9.17) is 9.31 Å². The van der Waals surface area contributed by atoms with E-state index in [1.807, 2.05) is 11.3 Å². The molecule has 2 nitrogen and oxygen atoms in total. The van der Waals surface area contributed by atoms with Crippen molar-refractivity contribution in [1.29, 1.82) is 0 Å². The van der Waals surface area contributed by atoms with E-state index in [0.717, 1.165) is 0 Å². The highest BCUT2D eigenvalue weighted by Gasteiger charge is 2.53. The third kappa shape index (κ3) is 2.70. The molecule has 1 aliphatic heterocycles. The molecule has 1 saturated heterocycles. The number of rotatable bonds is 1. The Morgan fingerprint density at radius 3 is 2.40 bits per heavy atom. The minimum absolute atomic E-state index is 0.130. The zero-order chi connectivity index (χ0) is 18.0. The fourth-order valence-corrected chi connectivity index (χ4v) is 5.01. The second-order valence-electron chi connectivity index (χ2n) is 8.59. The first-order valence-corrected chi connectivity index (χ1v) is 10.1. The van der Waals surface area contributed by atoms with Gasteiger partial charge in [-0.1, -0.05) is 38.2 Å². The number of thiophene rings is 1. The molecule has 1 aromatic rings. The van der Waals surface area contributed by atoms with Crippen molar-refractivity contribution in [2.45, 2.75) is 64.5 Å². The zero-order valence-corrected chi connectivity index (χ0v) is 16.8. The topological polar surface area (TPSA) is 18.5 Å². The fraction of sp³-hybridized carbons (Fsp3) is 0.524. The Morgan fingerprint density at radius 1 is 1.04 bits per heavy atom. The average Bonchev–Trinajstić information content (AvgIpc) is 2.87. The number of allylic oxidation sites excluding steroid dienone is 3. The summed E-state index contributed by atoms with van der Waals surface area (Å²) in [5, 5.41) is 1.38. The van der Waals surface area contributed by atoms with Crippen molar-refractivity contribution in [3.63, 3.8) is 0 Å². The van der Waals surface area contributed by atoms with Gasteiger partial charge in [0.2, 0.25) is 0 Å². The van der Waals surface area contributed by atoms with Gasteiger partial charge in [-0.15, -0.1) is 11.3 Å². The van der Waals surface area contributed by atoms with Gasteiger partial charge in [-0.25, -0.2) is 0 Å². The summed E-state index contributed by atoms with van der Waals surface area (Å²) in [6.45, 7) is 13.1. The molecule has 3 unspecified atom stereocenters. The smallest absolute Gasteiger partial charge is 0.403 e. The van der Waals surface area contributed by atoms with Crippen molar-refractivity contribution in [3.05, 3.63) is 38.4 Å². The monoisotopic (exact) mass is 354 g/mol.